The van der Waals surface area contributed by atoms with Crippen LogP contribution in [0.5, 0.6) is 5.75 Å². The second-order valence-electron chi connectivity index (χ2n) is 6.82. The number of nitrogens with zero attached hydrogens (tertiary/aromatic N) is 2. The maximum absolute atomic E-state index is 12.1. The van der Waals surface area contributed by atoms with Crippen molar-refractivity contribution in [1.29, 1.82) is 0 Å². The molecule has 1 saturated heterocycles. The summed E-state index contributed by atoms with van der Waals surface area (Å²) < 4.78 is 17.2. The highest BCUT2D eigenvalue weighted by Crippen LogP contribution is 2.26. The summed E-state index contributed by atoms with van der Waals surface area (Å²) in [5, 5.41) is 7.70. The van der Waals surface area contributed by atoms with E-state index in [4.69, 9.17) is 14.0 Å². The molecular formula is C18H19N3O4S. The molecule has 1 aliphatic heterocycles. The molecule has 1 fully saturated rings. The Labute approximate surface area is 154 Å². The molecule has 2 aromatic heterocycles. The number of nitrogens with one attached hydrogen (secondary N) is 1. The number of thiazole rings is 1. The van der Waals surface area contributed by atoms with Gasteiger partial charge in [0.1, 0.15) is 12.4 Å². The molecule has 0 bridgehead atoms. The highest BCUT2D eigenvalue weighted by Gasteiger charge is 2.33. The molecule has 0 aliphatic carbocycles. The quantitative estimate of drug-likeness (QED) is 0.715. The van der Waals surface area contributed by atoms with Crippen LogP contribution in [0, 0.1) is 12.3 Å². The number of amides is 1. The van der Waals surface area contributed by atoms with E-state index in [-0.39, 0.29) is 23.6 Å². The van der Waals surface area contributed by atoms with Crippen molar-refractivity contribution in [3.8, 4) is 5.75 Å². The van der Waals surface area contributed by atoms with E-state index in [9.17, 15) is 4.79 Å². The van der Waals surface area contributed by atoms with Gasteiger partial charge in [-0.2, -0.15) is 0 Å². The lowest BCUT2D eigenvalue weighted by Gasteiger charge is -2.37. The number of benzene rings is 1. The minimum absolute atomic E-state index is 0.0119. The van der Waals surface area contributed by atoms with Crippen LogP contribution in [0.2, 0.25) is 0 Å². The van der Waals surface area contributed by atoms with Gasteiger partial charge in [-0.25, -0.2) is 4.98 Å². The van der Waals surface area contributed by atoms with Gasteiger partial charge in [0.2, 0.25) is 0 Å². The van der Waals surface area contributed by atoms with Gasteiger partial charge in [-0.3, -0.25) is 4.79 Å². The highest BCUT2D eigenvalue weighted by atomic mass is 32.1. The molecule has 0 radical (unpaired) electrons. The summed E-state index contributed by atoms with van der Waals surface area (Å²) >= 11 is 1.65. The first-order valence-corrected chi connectivity index (χ1v) is 9.14. The van der Waals surface area contributed by atoms with Gasteiger partial charge in [-0.05, 0) is 19.1 Å². The van der Waals surface area contributed by atoms with Crippen molar-refractivity contribution in [1.82, 2.24) is 15.5 Å². The fourth-order valence-electron chi connectivity index (χ4n) is 2.69. The van der Waals surface area contributed by atoms with E-state index in [2.05, 4.69) is 22.4 Å². The SMILES string of the molecule is Cc1nc2cc(OCc3cc(C(=O)NCC4(C)COC4)no3)ccc2s1. The van der Waals surface area contributed by atoms with Crippen LogP contribution >= 0.6 is 11.3 Å². The highest BCUT2D eigenvalue weighted by molar-refractivity contribution is 7.18. The van der Waals surface area contributed by atoms with Crippen molar-refractivity contribution < 1.29 is 18.8 Å². The predicted molar refractivity (Wildman–Crippen MR) is 96.5 cm³/mol. The molecular weight excluding hydrogens is 354 g/mol. The number of carbonyl (C=O) groups excluding carboxylic acids is 1. The Kier molecular flexibility index (Phi) is 4.37. The summed E-state index contributed by atoms with van der Waals surface area (Å²) in [6, 6.07) is 7.37. The lowest BCUT2D eigenvalue weighted by Crippen LogP contribution is -2.48. The molecule has 1 amide bonds. The van der Waals surface area contributed by atoms with Gasteiger partial charge < -0.3 is 19.3 Å². The van der Waals surface area contributed by atoms with Crippen molar-refractivity contribution in [2.45, 2.75) is 20.5 Å². The van der Waals surface area contributed by atoms with Gasteiger partial charge in [0, 0.05) is 24.1 Å². The average Bonchev–Trinajstić information content (AvgIpc) is 3.21. The molecule has 26 heavy (non-hydrogen) atoms. The maximum atomic E-state index is 12.1. The van der Waals surface area contributed by atoms with Crippen molar-refractivity contribution >= 4 is 27.5 Å². The third-order valence-corrected chi connectivity index (χ3v) is 5.17. The molecule has 0 spiro atoms. The summed E-state index contributed by atoms with van der Waals surface area (Å²) in [7, 11) is 0. The third-order valence-electron chi connectivity index (χ3n) is 4.22. The first-order valence-electron chi connectivity index (χ1n) is 8.32. The summed E-state index contributed by atoms with van der Waals surface area (Å²) in [5.74, 6) is 0.929. The first kappa shape index (κ1) is 17.0. The third kappa shape index (κ3) is 3.56. The molecule has 3 heterocycles. The second-order valence-corrected chi connectivity index (χ2v) is 8.05. The molecule has 1 aromatic carbocycles. The average molecular weight is 373 g/mol. The van der Waals surface area contributed by atoms with E-state index in [1.807, 2.05) is 25.1 Å². The predicted octanol–water partition coefficient (Wildman–Crippen LogP) is 2.94. The van der Waals surface area contributed by atoms with Crippen LogP contribution in [0.3, 0.4) is 0 Å². The number of hydrogen-bond donors (Lipinski definition) is 1. The van der Waals surface area contributed by atoms with Crippen LogP contribution in [-0.4, -0.2) is 35.8 Å². The van der Waals surface area contributed by atoms with Crippen LogP contribution in [0.25, 0.3) is 10.2 Å². The van der Waals surface area contributed by atoms with Crippen molar-refractivity contribution in [2.24, 2.45) is 5.41 Å². The molecule has 4 rings (SSSR count). The van der Waals surface area contributed by atoms with Crippen molar-refractivity contribution in [2.75, 3.05) is 19.8 Å². The smallest absolute Gasteiger partial charge is 0.273 e. The number of aromatic nitrogens is 2. The van der Waals surface area contributed by atoms with Crippen LogP contribution in [-0.2, 0) is 11.3 Å². The van der Waals surface area contributed by atoms with Gasteiger partial charge in [-0.15, -0.1) is 11.3 Å². The fourth-order valence-corrected chi connectivity index (χ4v) is 3.50. The van der Waals surface area contributed by atoms with Crippen LogP contribution in [0.1, 0.15) is 28.2 Å². The van der Waals surface area contributed by atoms with E-state index >= 15 is 0 Å². The number of rotatable bonds is 6. The first-order chi connectivity index (χ1) is 12.5. The van der Waals surface area contributed by atoms with E-state index in [0.717, 1.165) is 15.2 Å². The Balaban J connectivity index is 1.34. The van der Waals surface area contributed by atoms with Gasteiger partial charge in [0.05, 0.1) is 28.4 Å². The summed E-state index contributed by atoms with van der Waals surface area (Å²) in [5.41, 5.74) is 1.17. The zero-order valence-corrected chi connectivity index (χ0v) is 15.4. The van der Waals surface area contributed by atoms with Crippen LogP contribution in [0.4, 0.5) is 0 Å². The molecule has 1 aliphatic rings. The molecule has 0 atom stereocenters. The summed E-state index contributed by atoms with van der Waals surface area (Å²) in [6.07, 6.45) is 0. The maximum Gasteiger partial charge on any atom is 0.273 e. The fraction of sp³-hybridized carbons (Fsp3) is 0.389. The molecule has 136 valence electrons. The van der Waals surface area contributed by atoms with E-state index in [1.165, 1.54) is 0 Å². The largest absolute Gasteiger partial charge is 0.485 e. The minimum Gasteiger partial charge on any atom is -0.485 e. The Morgan fingerprint density at radius 1 is 1.38 bits per heavy atom. The van der Waals surface area contributed by atoms with Gasteiger partial charge in [0.15, 0.2) is 11.5 Å². The van der Waals surface area contributed by atoms with Crippen LogP contribution < -0.4 is 10.1 Å². The van der Waals surface area contributed by atoms with Crippen molar-refractivity contribution in [3.05, 3.63) is 40.7 Å². The molecule has 1 N–H and O–H groups in total. The van der Waals surface area contributed by atoms with Gasteiger partial charge in [-0.1, -0.05) is 12.1 Å². The summed E-state index contributed by atoms with van der Waals surface area (Å²) in [6.45, 7) is 6.12. The molecule has 7 nitrogen and oxygen atoms in total. The number of ether oxygens (including phenoxy) is 2. The zero-order chi connectivity index (χ0) is 18.1. The molecule has 0 unspecified atom stereocenters. The molecule has 8 heteroatoms. The standard InChI is InChI=1S/C18H19N3O4S/c1-11-20-14-5-12(3-4-16(14)26-11)24-7-13-6-15(21-25-13)17(22)19-8-18(2)9-23-10-18/h3-6H,7-10H2,1-2H3,(H,19,22). The van der Waals surface area contributed by atoms with Crippen molar-refractivity contribution in [3.63, 3.8) is 0 Å². The van der Waals surface area contributed by atoms with E-state index < -0.39 is 0 Å². The normalized spacial score (nSPS) is 15.6. The Morgan fingerprint density at radius 3 is 3.00 bits per heavy atom. The Bertz CT molecular complexity index is 945. The van der Waals surface area contributed by atoms with Gasteiger partial charge >= 0.3 is 0 Å². The zero-order valence-electron chi connectivity index (χ0n) is 14.6. The molecule has 3 aromatic rings. The minimum atomic E-state index is -0.257. The van der Waals surface area contributed by atoms with Gasteiger partial charge in [0.25, 0.3) is 5.91 Å². The van der Waals surface area contributed by atoms with E-state index in [1.54, 1.807) is 17.4 Å². The topological polar surface area (TPSA) is 86.5 Å². The Morgan fingerprint density at radius 2 is 2.23 bits per heavy atom. The lowest BCUT2D eigenvalue weighted by molar-refractivity contribution is -0.0978. The van der Waals surface area contributed by atoms with E-state index in [0.29, 0.717) is 31.3 Å². The number of hydrogen-bond acceptors (Lipinski definition) is 7. The number of carbonyl (C=O) groups is 1. The van der Waals surface area contributed by atoms with Crippen LogP contribution in [0.15, 0.2) is 28.8 Å². The second kappa shape index (κ2) is 6.69. The lowest BCUT2D eigenvalue weighted by atomic mass is 9.89. The number of aryl methyl sites for hydroxylation is 1. The monoisotopic (exact) mass is 373 g/mol. The Hall–Kier alpha value is -2.45. The molecule has 0 saturated carbocycles. The summed E-state index contributed by atoms with van der Waals surface area (Å²) in [4.78, 5) is 16.6. The number of fused-ring (bicyclic) bond motifs is 1.